The molecule has 0 aliphatic heterocycles. The van der Waals surface area contributed by atoms with Crippen molar-refractivity contribution < 1.29 is 0 Å². The van der Waals surface area contributed by atoms with Crippen LogP contribution in [0.15, 0.2) is 205 Å². The van der Waals surface area contributed by atoms with Gasteiger partial charge in [-0.3, -0.25) is 0 Å². The van der Waals surface area contributed by atoms with Gasteiger partial charge in [-0.15, -0.1) is 0 Å². The molecule has 3 heteroatoms. The van der Waals surface area contributed by atoms with E-state index in [0.29, 0.717) is 11.5 Å². The molecule has 10 aromatic rings. The molecule has 0 unspecified atom stereocenters. The summed E-state index contributed by atoms with van der Waals surface area (Å²) in [5.41, 5.74) is 13.0. The van der Waals surface area contributed by atoms with E-state index in [1.54, 1.807) is 0 Å². The minimum atomic E-state index is 0.622. The lowest BCUT2D eigenvalue weighted by molar-refractivity contribution is 1.00. The van der Waals surface area contributed by atoms with E-state index >= 15 is 0 Å². The van der Waals surface area contributed by atoms with Crippen LogP contribution in [0.2, 0.25) is 0 Å². The number of nitrogens with zero attached hydrogens (tertiary/aromatic N) is 3. The molecule has 1 aliphatic rings. The number of hydrogen-bond donors (Lipinski definition) is 0. The van der Waals surface area contributed by atoms with Gasteiger partial charge in [0, 0.05) is 38.9 Å². The topological polar surface area (TPSA) is 29.6 Å². The summed E-state index contributed by atoms with van der Waals surface area (Å²) < 4.78 is 2.35. The van der Waals surface area contributed by atoms with Gasteiger partial charge in [-0.25, -0.2) is 9.98 Å². The molecule has 1 heterocycles. The van der Waals surface area contributed by atoms with E-state index in [1.165, 1.54) is 65.3 Å². The Kier molecular flexibility index (Phi) is 8.67. The third kappa shape index (κ3) is 5.89. The molecule has 0 amide bonds. The number of benzene rings is 9. The third-order valence-corrected chi connectivity index (χ3v) is 12.2. The summed E-state index contributed by atoms with van der Waals surface area (Å²) >= 11 is 0. The van der Waals surface area contributed by atoms with E-state index in [2.05, 4.69) is 194 Å². The number of fused-ring (bicyclic) bond motifs is 11. The molecule has 0 radical (unpaired) electrons. The lowest BCUT2D eigenvalue weighted by Crippen LogP contribution is -2.06. The second kappa shape index (κ2) is 14.6. The molecule has 60 heavy (non-hydrogen) atoms. The highest BCUT2D eigenvalue weighted by Gasteiger charge is 2.20. The van der Waals surface area contributed by atoms with Crippen LogP contribution in [-0.4, -0.2) is 16.1 Å². The Labute approximate surface area is 349 Å². The number of aromatic nitrogens is 1. The van der Waals surface area contributed by atoms with E-state index in [0.717, 1.165) is 52.1 Å². The molecule has 0 spiro atoms. The Hall–Kier alpha value is -7.62. The van der Waals surface area contributed by atoms with Gasteiger partial charge < -0.3 is 4.57 Å². The number of aliphatic imine (C=N–C) groups is 2. The normalized spacial score (nSPS) is 13.2. The maximum atomic E-state index is 5.41. The summed E-state index contributed by atoms with van der Waals surface area (Å²) in [4.78, 5) is 10.7. The SMILES string of the molecule is C=C(N=C(N=C(C)c1cc2c3ccccc3c3c(c2c2ccccc12)C=CCC3)c1ccccc1)c1ccccc1-c1ccc2c(c1)c1ccccc1n2-c1ccccc1. The highest BCUT2D eigenvalue weighted by Crippen LogP contribution is 2.42. The van der Waals surface area contributed by atoms with Crippen LogP contribution in [0.3, 0.4) is 0 Å². The maximum Gasteiger partial charge on any atom is 0.160 e. The van der Waals surface area contributed by atoms with Crippen molar-refractivity contribution in [1.82, 2.24) is 4.57 Å². The average molecular weight is 768 g/mol. The fourth-order valence-corrected chi connectivity index (χ4v) is 9.47. The number of rotatable bonds is 6. The van der Waals surface area contributed by atoms with Crippen molar-refractivity contribution in [2.75, 3.05) is 0 Å². The number of amidine groups is 1. The van der Waals surface area contributed by atoms with E-state index in [1.807, 2.05) is 18.2 Å². The number of hydrogen-bond acceptors (Lipinski definition) is 1. The predicted molar refractivity (Wildman–Crippen MR) is 257 cm³/mol. The zero-order chi connectivity index (χ0) is 40.2. The van der Waals surface area contributed by atoms with Crippen LogP contribution in [0, 0.1) is 0 Å². The van der Waals surface area contributed by atoms with Crippen molar-refractivity contribution in [2.45, 2.75) is 19.8 Å². The Bertz CT molecular complexity index is 3440. The predicted octanol–water partition coefficient (Wildman–Crippen LogP) is 14.8. The van der Waals surface area contributed by atoms with Gasteiger partial charge in [-0.1, -0.05) is 164 Å². The van der Waals surface area contributed by atoms with Crippen LogP contribution in [-0.2, 0) is 6.42 Å². The van der Waals surface area contributed by atoms with E-state index in [4.69, 9.17) is 9.98 Å². The molecule has 11 rings (SSSR count). The van der Waals surface area contributed by atoms with Crippen LogP contribution in [0.1, 0.15) is 41.2 Å². The summed E-state index contributed by atoms with van der Waals surface area (Å²) in [6, 6.07) is 64.8. The lowest BCUT2D eigenvalue weighted by atomic mass is 9.83. The molecule has 284 valence electrons. The first-order chi connectivity index (χ1) is 29.6. The second-order valence-corrected chi connectivity index (χ2v) is 15.7. The average Bonchev–Trinajstić information content (AvgIpc) is 3.65. The van der Waals surface area contributed by atoms with Crippen molar-refractivity contribution in [3.8, 4) is 16.8 Å². The zero-order valence-corrected chi connectivity index (χ0v) is 33.4. The van der Waals surface area contributed by atoms with Crippen LogP contribution in [0.25, 0.3) is 82.7 Å². The summed E-state index contributed by atoms with van der Waals surface area (Å²) in [5.74, 6) is 0.622. The van der Waals surface area contributed by atoms with E-state index in [9.17, 15) is 0 Å². The molecule has 9 aromatic carbocycles. The second-order valence-electron chi connectivity index (χ2n) is 15.7. The van der Waals surface area contributed by atoms with Crippen LogP contribution in [0.5, 0.6) is 0 Å². The van der Waals surface area contributed by atoms with Gasteiger partial charge in [0.2, 0.25) is 0 Å². The monoisotopic (exact) mass is 767 g/mol. The molecule has 1 aromatic heterocycles. The lowest BCUT2D eigenvalue weighted by Gasteiger charge is -2.21. The minimum Gasteiger partial charge on any atom is -0.309 e. The van der Waals surface area contributed by atoms with Crippen molar-refractivity contribution >= 4 is 77.4 Å². The largest absolute Gasteiger partial charge is 0.309 e. The van der Waals surface area contributed by atoms with Crippen LogP contribution < -0.4 is 0 Å². The summed E-state index contributed by atoms with van der Waals surface area (Å²) in [6.07, 6.45) is 6.78. The molecule has 0 saturated carbocycles. The molecular weight excluding hydrogens is 727 g/mol. The molecule has 0 N–H and O–H groups in total. The quantitative estimate of drug-likeness (QED) is 0.0916. The van der Waals surface area contributed by atoms with Gasteiger partial charge in [0.05, 0.1) is 16.7 Å². The molecule has 0 saturated heterocycles. The van der Waals surface area contributed by atoms with E-state index in [-0.39, 0.29) is 0 Å². The number of allylic oxidation sites excluding steroid dienone is 1. The van der Waals surface area contributed by atoms with Crippen molar-refractivity contribution in [3.63, 3.8) is 0 Å². The standard InChI is InChI=1S/C57H41N3/c1-37(42-23-9-10-24-43(42)40-33-34-55-52(35-40)48-29-17-18-32-54(48)60(55)41-21-7-4-8-22-41)58-57(39-19-5-3-6-20-39)59-38(2)51-36-53-46-27-12-11-25-44(46)45-26-13-15-30-49(45)56(53)50-31-16-14-28-47(50)51/h3-12,14-25,27-36H,1,13,26H2,2H3. The number of para-hydroxylation sites is 2. The first kappa shape index (κ1) is 35.5. The molecule has 0 bridgehead atoms. The van der Waals surface area contributed by atoms with Gasteiger partial charge >= 0.3 is 0 Å². The molecule has 1 aliphatic carbocycles. The summed E-state index contributed by atoms with van der Waals surface area (Å²) in [6.45, 7) is 6.73. The summed E-state index contributed by atoms with van der Waals surface area (Å²) in [5, 5.41) is 10.0. The molecule has 0 atom stereocenters. The zero-order valence-electron chi connectivity index (χ0n) is 33.4. The molecule has 3 nitrogen and oxygen atoms in total. The first-order valence-corrected chi connectivity index (χ1v) is 20.7. The Morgan fingerprint density at radius 3 is 2.00 bits per heavy atom. The third-order valence-electron chi connectivity index (χ3n) is 12.2. The number of aryl methyl sites for hydroxylation is 1. The fourth-order valence-electron chi connectivity index (χ4n) is 9.47. The fraction of sp³-hybridized carbons (Fsp3) is 0.0526. The van der Waals surface area contributed by atoms with E-state index < -0.39 is 0 Å². The van der Waals surface area contributed by atoms with Crippen LogP contribution in [0.4, 0.5) is 0 Å². The maximum absolute atomic E-state index is 5.41. The van der Waals surface area contributed by atoms with Gasteiger partial charge in [0.25, 0.3) is 0 Å². The Morgan fingerprint density at radius 1 is 0.533 bits per heavy atom. The van der Waals surface area contributed by atoms with Gasteiger partial charge in [0.15, 0.2) is 5.84 Å². The minimum absolute atomic E-state index is 0.622. The van der Waals surface area contributed by atoms with Crippen molar-refractivity contribution in [2.24, 2.45) is 9.98 Å². The first-order valence-electron chi connectivity index (χ1n) is 20.7. The highest BCUT2D eigenvalue weighted by atomic mass is 15.0. The summed E-state index contributed by atoms with van der Waals surface area (Å²) in [7, 11) is 0. The van der Waals surface area contributed by atoms with Crippen molar-refractivity contribution in [1.29, 1.82) is 0 Å². The van der Waals surface area contributed by atoms with Gasteiger partial charge in [-0.05, 0) is 111 Å². The Balaban J connectivity index is 1.06. The van der Waals surface area contributed by atoms with Gasteiger partial charge in [0.1, 0.15) is 0 Å². The highest BCUT2D eigenvalue weighted by molar-refractivity contribution is 6.27. The molecule has 0 fully saturated rings. The Morgan fingerprint density at radius 2 is 1.18 bits per heavy atom. The van der Waals surface area contributed by atoms with Crippen LogP contribution >= 0.6 is 0 Å². The smallest absolute Gasteiger partial charge is 0.160 e. The van der Waals surface area contributed by atoms with Crippen molar-refractivity contribution in [3.05, 3.63) is 222 Å². The van der Waals surface area contributed by atoms with Gasteiger partial charge in [-0.2, -0.15) is 0 Å². The molecular formula is C57H41N3.